The summed E-state index contributed by atoms with van der Waals surface area (Å²) in [7, 11) is 3.57. The van der Waals surface area contributed by atoms with Gasteiger partial charge in [0.15, 0.2) is 0 Å². The Morgan fingerprint density at radius 1 is 1.06 bits per heavy atom. The minimum absolute atomic E-state index is 0.740. The summed E-state index contributed by atoms with van der Waals surface area (Å²) in [5, 5.41) is 3.07. The molecule has 2 aromatic rings. The van der Waals surface area contributed by atoms with Gasteiger partial charge in [-0.15, -0.1) is 0 Å². The van der Waals surface area contributed by atoms with Gasteiger partial charge in [-0.25, -0.2) is 9.97 Å². The molecule has 0 aliphatic rings. The minimum Gasteiger partial charge on any atom is -0.497 e. The molecule has 4 heteroatoms. The molecule has 0 atom stereocenters. The number of rotatable bonds is 5. The fourth-order valence-corrected chi connectivity index (χ4v) is 1.69. The first-order valence-corrected chi connectivity index (χ1v) is 5.89. The average Bonchev–Trinajstić information content (AvgIpc) is 2.42. The van der Waals surface area contributed by atoms with Crippen molar-refractivity contribution >= 4 is 0 Å². The summed E-state index contributed by atoms with van der Waals surface area (Å²) in [6, 6.07) is 7.96. The lowest BCUT2D eigenvalue weighted by atomic mass is 10.1. The maximum Gasteiger partial charge on any atom is 0.132 e. The van der Waals surface area contributed by atoms with Crippen molar-refractivity contribution in [3.8, 4) is 5.75 Å². The van der Waals surface area contributed by atoms with Crippen LogP contribution < -0.4 is 10.1 Å². The van der Waals surface area contributed by atoms with Gasteiger partial charge in [0.05, 0.1) is 7.11 Å². The fraction of sp³-hybridized carbons (Fsp3) is 0.286. The molecule has 2 rings (SSSR count). The van der Waals surface area contributed by atoms with Crippen molar-refractivity contribution in [3.05, 3.63) is 53.6 Å². The summed E-state index contributed by atoms with van der Waals surface area (Å²) in [6.07, 6.45) is 4.47. The first-order valence-electron chi connectivity index (χ1n) is 5.89. The Kier molecular flexibility index (Phi) is 4.25. The van der Waals surface area contributed by atoms with Gasteiger partial charge >= 0.3 is 0 Å². The molecule has 1 heterocycles. The lowest BCUT2D eigenvalue weighted by molar-refractivity contribution is 0.414. The van der Waals surface area contributed by atoms with Gasteiger partial charge in [-0.3, -0.25) is 0 Å². The van der Waals surface area contributed by atoms with E-state index in [2.05, 4.69) is 15.3 Å². The molecular weight excluding hydrogens is 226 g/mol. The Balaban J connectivity index is 2.03. The molecule has 4 nitrogen and oxygen atoms in total. The molecule has 0 aliphatic heterocycles. The van der Waals surface area contributed by atoms with Crippen LogP contribution in [0.1, 0.15) is 17.0 Å². The number of methoxy groups -OCH3 is 1. The molecule has 1 N–H and O–H groups in total. The Hall–Kier alpha value is -1.94. The van der Waals surface area contributed by atoms with Crippen molar-refractivity contribution < 1.29 is 4.74 Å². The number of nitrogens with zero attached hydrogens (tertiary/aromatic N) is 2. The van der Waals surface area contributed by atoms with Crippen LogP contribution in [0.3, 0.4) is 0 Å². The topological polar surface area (TPSA) is 47.0 Å². The standard InChI is InChI=1S/C14H17N3O/c1-15-8-12-9-16-14(17-10-12)7-11-3-5-13(18-2)6-4-11/h3-6,9-10,15H,7-8H2,1-2H3. The van der Waals surface area contributed by atoms with Gasteiger partial charge in [-0.2, -0.15) is 0 Å². The second-order valence-electron chi connectivity index (χ2n) is 4.06. The summed E-state index contributed by atoms with van der Waals surface area (Å²) in [5.41, 5.74) is 2.27. The lowest BCUT2D eigenvalue weighted by Crippen LogP contribution is -2.07. The van der Waals surface area contributed by atoms with Crippen LogP contribution in [-0.4, -0.2) is 24.1 Å². The predicted molar refractivity (Wildman–Crippen MR) is 70.6 cm³/mol. The van der Waals surface area contributed by atoms with Crippen molar-refractivity contribution in [1.29, 1.82) is 0 Å². The number of ether oxygens (including phenoxy) is 1. The van der Waals surface area contributed by atoms with Crippen molar-refractivity contribution in [1.82, 2.24) is 15.3 Å². The maximum atomic E-state index is 5.12. The van der Waals surface area contributed by atoms with Crippen LogP contribution in [0.2, 0.25) is 0 Å². The van der Waals surface area contributed by atoms with Crippen molar-refractivity contribution in [2.24, 2.45) is 0 Å². The Morgan fingerprint density at radius 2 is 1.72 bits per heavy atom. The monoisotopic (exact) mass is 243 g/mol. The fourth-order valence-electron chi connectivity index (χ4n) is 1.69. The zero-order valence-electron chi connectivity index (χ0n) is 10.7. The molecule has 1 aromatic heterocycles. The minimum atomic E-state index is 0.740. The zero-order chi connectivity index (χ0) is 12.8. The van der Waals surface area contributed by atoms with Gasteiger partial charge in [0.2, 0.25) is 0 Å². The van der Waals surface area contributed by atoms with Crippen molar-refractivity contribution in [3.63, 3.8) is 0 Å². The largest absolute Gasteiger partial charge is 0.497 e. The van der Waals surface area contributed by atoms with E-state index >= 15 is 0 Å². The molecule has 0 saturated heterocycles. The summed E-state index contributed by atoms with van der Waals surface area (Å²) in [6.45, 7) is 0.794. The highest BCUT2D eigenvalue weighted by Gasteiger charge is 2.00. The van der Waals surface area contributed by atoms with Gasteiger partial charge in [0, 0.05) is 30.9 Å². The molecule has 0 aliphatic carbocycles. The third-order valence-electron chi connectivity index (χ3n) is 2.66. The SMILES string of the molecule is CNCc1cnc(Cc2ccc(OC)cc2)nc1. The van der Waals surface area contributed by atoms with E-state index in [1.165, 1.54) is 5.56 Å². The van der Waals surface area contributed by atoms with E-state index in [9.17, 15) is 0 Å². The summed E-state index contributed by atoms with van der Waals surface area (Å²) >= 11 is 0. The van der Waals surface area contributed by atoms with Crippen LogP contribution in [0.4, 0.5) is 0 Å². The second kappa shape index (κ2) is 6.12. The number of benzene rings is 1. The van der Waals surface area contributed by atoms with E-state index in [1.807, 2.05) is 43.7 Å². The molecule has 18 heavy (non-hydrogen) atoms. The highest BCUT2D eigenvalue weighted by Crippen LogP contribution is 2.13. The lowest BCUT2D eigenvalue weighted by Gasteiger charge is -2.04. The highest BCUT2D eigenvalue weighted by atomic mass is 16.5. The molecule has 0 unspecified atom stereocenters. The van der Waals surface area contributed by atoms with Crippen LogP contribution in [0.15, 0.2) is 36.7 Å². The normalized spacial score (nSPS) is 10.3. The first-order chi connectivity index (χ1) is 8.81. The Labute approximate surface area is 107 Å². The van der Waals surface area contributed by atoms with Gasteiger partial charge in [-0.05, 0) is 24.7 Å². The number of hydrogen-bond donors (Lipinski definition) is 1. The third kappa shape index (κ3) is 3.28. The molecule has 0 bridgehead atoms. The second-order valence-corrected chi connectivity index (χ2v) is 4.06. The molecule has 1 aromatic carbocycles. The number of hydrogen-bond acceptors (Lipinski definition) is 4. The van der Waals surface area contributed by atoms with Gasteiger partial charge < -0.3 is 10.1 Å². The zero-order valence-corrected chi connectivity index (χ0v) is 10.7. The van der Waals surface area contributed by atoms with Crippen LogP contribution in [0.5, 0.6) is 5.75 Å². The summed E-state index contributed by atoms with van der Waals surface area (Å²) in [5.74, 6) is 1.70. The van der Waals surface area contributed by atoms with Gasteiger partial charge in [0.25, 0.3) is 0 Å². The molecular formula is C14H17N3O. The van der Waals surface area contributed by atoms with Crippen LogP contribution in [-0.2, 0) is 13.0 Å². The van der Waals surface area contributed by atoms with Gasteiger partial charge in [-0.1, -0.05) is 12.1 Å². The molecule has 0 radical (unpaired) electrons. The van der Waals surface area contributed by atoms with Crippen LogP contribution in [0, 0.1) is 0 Å². The number of aromatic nitrogens is 2. The predicted octanol–water partition coefficient (Wildman–Crippen LogP) is 1.80. The van der Waals surface area contributed by atoms with Crippen molar-refractivity contribution in [2.45, 2.75) is 13.0 Å². The third-order valence-corrected chi connectivity index (χ3v) is 2.66. The van der Waals surface area contributed by atoms with Gasteiger partial charge in [0.1, 0.15) is 11.6 Å². The Bertz CT molecular complexity index is 479. The van der Waals surface area contributed by atoms with E-state index in [1.54, 1.807) is 7.11 Å². The van der Waals surface area contributed by atoms with Crippen LogP contribution >= 0.6 is 0 Å². The van der Waals surface area contributed by atoms with E-state index in [0.717, 1.165) is 30.1 Å². The van der Waals surface area contributed by atoms with Crippen LogP contribution in [0.25, 0.3) is 0 Å². The first kappa shape index (κ1) is 12.5. The van der Waals surface area contributed by atoms with E-state index < -0.39 is 0 Å². The molecule has 0 saturated carbocycles. The molecule has 0 fully saturated rings. The number of nitrogens with one attached hydrogen (secondary N) is 1. The highest BCUT2D eigenvalue weighted by molar-refractivity contribution is 5.28. The Morgan fingerprint density at radius 3 is 2.28 bits per heavy atom. The van der Waals surface area contributed by atoms with E-state index in [-0.39, 0.29) is 0 Å². The smallest absolute Gasteiger partial charge is 0.132 e. The van der Waals surface area contributed by atoms with E-state index in [0.29, 0.717) is 0 Å². The quantitative estimate of drug-likeness (QED) is 0.869. The maximum absolute atomic E-state index is 5.12. The van der Waals surface area contributed by atoms with E-state index in [4.69, 9.17) is 4.74 Å². The molecule has 94 valence electrons. The summed E-state index contributed by atoms with van der Waals surface area (Å²) < 4.78 is 5.12. The summed E-state index contributed by atoms with van der Waals surface area (Å²) in [4.78, 5) is 8.71. The average molecular weight is 243 g/mol. The van der Waals surface area contributed by atoms with Crippen molar-refractivity contribution in [2.75, 3.05) is 14.2 Å². The molecule has 0 spiro atoms. The molecule has 0 amide bonds.